The molecule has 150 valence electrons. The highest BCUT2D eigenvalue weighted by Crippen LogP contribution is 2.25. The minimum Gasteiger partial charge on any atom is -0.545 e. The number of amides is 1. The predicted molar refractivity (Wildman–Crippen MR) is 108 cm³/mol. The summed E-state index contributed by atoms with van der Waals surface area (Å²) in [5, 5.41) is 14.9. The Morgan fingerprint density at radius 1 is 1.07 bits per heavy atom. The SMILES string of the molecule is CN(c1ccccc1)S(=O)(=O)c1csc(C(=O)NCc2ccc(C(=O)[O-])cc2)c1. The van der Waals surface area contributed by atoms with Crippen molar-refractivity contribution in [2.45, 2.75) is 11.4 Å². The number of carboxylic acid groups (broad SMARTS) is 1. The van der Waals surface area contributed by atoms with Gasteiger partial charge >= 0.3 is 0 Å². The molecular weight excluding hydrogens is 412 g/mol. The zero-order chi connectivity index (χ0) is 21.0. The van der Waals surface area contributed by atoms with E-state index in [2.05, 4.69) is 5.32 Å². The summed E-state index contributed by atoms with van der Waals surface area (Å²) in [4.78, 5) is 23.4. The van der Waals surface area contributed by atoms with Crippen LogP contribution in [0.25, 0.3) is 0 Å². The van der Waals surface area contributed by atoms with E-state index in [1.165, 1.54) is 30.6 Å². The van der Waals surface area contributed by atoms with Crippen molar-refractivity contribution in [2.24, 2.45) is 0 Å². The molecule has 0 atom stereocenters. The van der Waals surface area contributed by atoms with Crippen LogP contribution in [0.2, 0.25) is 0 Å². The minimum atomic E-state index is -3.78. The average molecular weight is 429 g/mol. The van der Waals surface area contributed by atoms with Crippen LogP contribution < -0.4 is 14.7 Å². The highest BCUT2D eigenvalue weighted by atomic mass is 32.2. The molecule has 1 aromatic heterocycles. The number of thiophene rings is 1. The Balaban J connectivity index is 1.68. The molecule has 7 nitrogen and oxygen atoms in total. The maximum Gasteiger partial charge on any atom is 0.264 e. The second-order valence-electron chi connectivity index (χ2n) is 6.12. The van der Waals surface area contributed by atoms with E-state index >= 15 is 0 Å². The zero-order valence-corrected chi connectivity index (χ0v) is 17.0. The standard InChI is InChI=1S/C20H18N2O5S2/c1-22(16-5-3-2-4-6-16)29(26,27)17-11-18(28-13-17)19(23)21-12-14-7-9-15(10-8-14)20(24)25/h2-11,13H,12H2,1H3,(H,21,23)(H,24,25)/p-1. The highest BCUT2D eigenvalue weighted by molar-refractivity contribution is 7.93. The Morgan fingerprint density at radius 2 is 1.72 bits per heavy atom. The number of anilines is 1. The molecule has 2 aromatic carbocycles. The summed E-state index contributed by atoms with van der Waals surface area (Å²) >= 11 is 1.03. The Morgan fingerprint density at radius 3 is 2.34 bits per heavy atom. The first-order valence-corrected chi connectivity index (χ1v) is 10.8. The smallest absolute Gasteiger partial charge is 0.264 e. The van der Waals surface area contributed by atoms with Crippen LogP contribution in [0, 0.1) is 0 Å². The van der Waals surface area contributed by atoms with Crippen LogP contribution in [0.3, 0.4) is 0 Å². The van der Waals surface area contributed by atoms with Gasteiger partial charge in [-0.2, -0.15) is 0 Å². The Labute approximate surface area is 172 Å². The molecule has 0 fully saturated rings. The van der Waals surface area contributed by atoms with Gasteiger partial charge in [0.1, 0.15) is 0 Å². The van der Waals surface area contributed by atoms with Crippen molar-refractivity contribution in [1.82, 2.24) is 5.32 Å². The highest BCUT2D eigenvalue weighted by Gasteiger charge is 2.24. The molecule has 0 radical (unpaired) electrons. The molecule has 1 N–H and O–H groups in total. The second-order valence-corrected chi connectivity index (χ2v) is 9.00. The molecule has 0 aliphatic carbocycles. The lowest BCUT2D eigenvalue weighted by Gasteiger charge is -2.18. The summed E-state index contributed by atoms with van der Waals surface area (Å²) in [6.07, 6.45) is 0. The van der Waals surface area contributed by atoms with Crippen molar-refractivity contribution in [3.05, 3.63) is 82.0 Å². The zero-order valence-electron chi connectivity index (χ0n) is 15.4. The molecule has 0 saturated heterocycles. The third kappa shape index (κ3) is 4.64. The van der Waals surface area contributed by atoms with Crippen molar-refractivity contribution < 1.29 is 23.1 Å². The third-order valence-corrected chi connectivity index (χ3v) is 7.06. The summed E-state index contributed by atoms with van der Waals surface area (Å²) in [6, 6.07) is 15.9. The van der Waals surface area contributed by atoms with Gasteiger partial charge in [0.15, 0.2) is 0 Å². The van der Waals surface area contributed by atoms with Gasteiger partial charge in [0.2, 0.25) is 0 Å². The van der Waals surface area contributed by atoms with E-state index in [0.29, 0.717) is 11.3 Å². The van der Waals surface area contributed by atoms with Crippen LogP contribution in [0.4, 0.5) is 5.69 Å². The first kappa shape index (κ1) is 20.6. The van der Waals surface area contributed by atoms with Crippen LogP contribution in [0.15, 0.2) is 70.9 Å². The van der Waals surface area contributed by atoms with Gasteiger partial charge in [0.05, 0.1) is 21.4 Å². The number of nitrogens with zero attached hydrogens (tertiary/aromatic N) is 1. The fraction of sp³-hybridized carbons (Fsp3) is 0.100. The van der Waals surface area contributed by atoms with E-state index in [0.717, 1.165) is 15.6 Å². The van der Waals surface area contributed by atoms with Gasteiger partial charge in [0.25, 0.3) is 15.9 Å². The maximum atomic E-state index is 12.8. The lowest BCUT2D eigenvalue weighted by Crippen LogP contribution is -2.26. The molecule has 1 amide bonds. The van der Waals surface area contributed by atoms with Gasteiger partial charge in [-0.1, -0.05) is 42.5 Å². The van der Waals surface area contributed by atoms with Crippen LogP contribution in [0.5, 0.6) is 0 Å². The summed E-state index contributed by atoms with van der Waals surface area (Å²) in [5.74, 6) is -1.68. The topological polar surface area (TPSA) is 107 Å². The fourth-order valence-electron chi connectivity index (χ4n) is 2.54. The molecule has 0 aliphatic rings. The molecule has 0 aliphatic heterocycles. The van der Waals surface area contributed by atoms with Crippen molar-refractivity contribution in [3.63, 3.8) is 0 Å². The summed E-state index contributed by atoms with van der Waals surface area (Å²) in [6.45, 7) is 0.177. The van der Waals surface area contributed by atoms with Gasteiger partial charge in [0, 0.05) is 19.0 Å². The minimum absolute atomic E-state index is 0.0392. The number of para-hydroxylation sites is 1. The molecule has 3 rings (SSSR count). The van der Waals surface area contributed by atoms with Crippen molar-refractivity contribution in [2.75, 3.05) is 11.4 Å². The first-order chi connectivity index (χ1) is 13.8. The van der Waals surface area contributed by atoms with Crippen molar-refractivity contribution in [1.29, 1.82) is 0 Å². The van der Waals surface area contributed by atoms with Gasteiger partial charge in [-0.15, -0.1) is 11.3 Å². The van der Waals surface area contributed by atoms with Crippen LogP contribution >= 0.6 is 11.3 Å². The molecule has 0 unspecified atom stereocenters. The molecular formula is C20H17N2O5S2-. The van der Waals surface area contributed by atoms with E-state index in [-0.39, 0.29) is 21.9 Å². The van der Waals surface area contributed by atoms with Crippen LogP contribution in [0.1, 0.15) is 25.6 Å². The molecule has 9 heteroatoms. The maximum absolute atomic E-state index is 12.8. The van der Waals surface area contributed by atoms with Gasteiger partial charge in [-0.3, -0.25) is 9.10 Å². The normalized spacial score (nSPS) is 11.1. The summed E-state index contributed by atoms with van der Waals surface area (Å²) < 4.78 is 26.7. The second kappa shape index (κ2) is 8.46. The van der Waals surface area contributed by atoms with Crippen LogP contribution in [-0.2, 0) is 16.6 Å². The number of hydrogen-bond donors (Lipinski definition) is 1. The molecule has 3 aromatic rings. The number of aromatic carboxylic acids is 1. The van der Waals surface area contributed by atoms with E-state index in [9.17, 15) is 23.1 Å². The lowest BCUT2D eigenvalue weighted by molar-refractivity contribution is -0.255. The average Bonchev–Trinajstić information content (AvgIpc) is 3.23. The van der Waals surface area contributed by atoms with Crippen LogP contribution in [-0.4, -0.2) is 27.3 Å². The molecule has 0 spiro atoms. The van der Waals surface area contributed by atoms with E-state index in [1.807, 2.05) is 0 Å². The fourth-order valence-corrected chi connectivity index (χ4v) is 4.91. The number of hydrogen-bond acceptors (Lipinski definition) is 6. The lowest BCUT2D eigenvalue weighted by atomic mass is 10.1. The Kier molecular flexibility index (Phi) is 6.00. The monoisotopic (exact) mass is 429 g/mol. The number of carbonyl (C=O) groups excluding carboxylic acids is 2. The van der Waals surface area contributed by atoms with E-state index < -0.39 is 21.9 Å². The van der Waals surface area contributed by atoms with E-state index in [1.54, 1.807) is 42.5 Å². The number of sulfonamides is 1. The quantitative estimate of drug-likeness (QED) is 0.617. The number of carboxylic acids is 1. The molecule has 0 bridgehead atoms. The number of benzene rings is 2. The number of rotatable bonds is 7. The molecule has 0 saturated carbocycles. The predicted octanol–water partition coefficient (Wildman–Crippen LogP) is 1.87. The largest absolute Gasteiger partial charge is 0.545 e. The molecule has 29 heavy (non-hydrogen) atoms. The van der Waals surface area contributed by atoms with E-state index in [4.69, 9.17) is 0 Å². The van der Waals surface area contributed by atoms with Gasteiger partial charge in [-0.25, -0.2) is 8.42 Å². The third-order valence-electron chi connectivity index (χ3n) is 4.22. The number of nitrogens with one attached hydrogen (secondary N) is 1. The van der Waals surface area contributed by atoms with Gasteiger partial charge < -0.3 is 15.2 Å². The summed E-state index contributed by atoms with van der Waals surface area (Å²) in [5.41, 5.74) is 1.27. The number of carbonyl (C=O) groups is 2. The summed E-state index contributed by atoms with van der Waals surface area (Å²) in [7, 11) is -2.33. The van der Waals surface area contributed by atoms with Crippen molar-refractivity contribution in [3.8, 4) is 0 Å². The Hall–Kier alpha value is -3.17. The van der Waals surface area contributed by atoms with Crippen molar-refractivity contribution >= 4 is 38.9 Å². The Bertz CT molecular complexity index is 1120. The first-order valence-electron chi connectivity index (χ1n) is 8.50. The van der Waals surface area contributed by atoms with Gasteiger partial charge in [-0.05, 0) is 29.3 Å². The molecule has 1 heterocycles.